The number of sulfonamides is 1. The smallest absolute Gasteiger partial charge is 0.335 e. The molecule has 12 nitrogen and oxygen atoms in total. The molecular weight excluding hydrogens is 437 g/mol. The number of hydrogen-bond acceptors (Lipinski definition) is 9. The number of anilines is 1. The van der Waals surface area contributed by atoms with E-state index in [0.717, 1.165) is 4.52 Å². The lowest BCUT2D eigenvalue weighted by atomic mass is 10.5. The van der Waals surface area contributed by atoms with Crippen molar-refractivity contribution in [2.24, 2.45) is 0 Å². The van der Waals surface area contributed by atoms with Gasteiger partial charge in [-0.15, -0.1) is 5.10 Å². The van der Waals surface area contributed by atoms with E-state index >= 15 is 0 Å². The summed E-state index contributed by atoms with van der Waals surface area (Å²) < 4.78 is 37.8. The third kappa shape index (κ3) is 4.00. The van der Waals surface area contributed by atoms with Crippen molar-refractivity contribution in [3.63, 3.8) is 0 Å². The minimum atomic E-state index is -4.48. The van der Waals surface area contributed by atoms with Crippen molar-refractivity contribution in [3.8, 4) is 11.8 Å². The maximum atomic E-state index is 12.6. The van der Waals surface area contributed by atoms with Crippen LogP contribution in [0.5, 0.6) is 11.8 Å². The Labute approximate surface area is 167 Å². The van der Waals surface area contributed by atoms with Gasteiger partial charge in [-0.3, -0.25) is 5.32 Å². The Morgan fingerprint density at radius 2 is 1.82 bits per heavy atom. The number of nitrogens with zero attached hydrogens (tertiary/aromatic N) is 5. The molecule has 148 valence electrons. The zero-order valence-corrected chi connectivity index (χ0v) is 16.5. The molecule has 3 aromatic heterocycles. The summed E-state index contributed by atoms with van der Waals surface area (Å²) in [6.07, 6.45) is 0. The molecule has 0 saturated heterocycles. The maximum Gasteiger partial charge on any atom is 0.335 e. The summed E-state index contributed by atoms with van der Waals surface area (Å²) in [6.45, 7) is 0. The summed E-state index contributed by atoms with van der Waals surface area (Å²) in [4.78, 5) is 23.6. The fourth-order valence-corrected chi connectivity index (χ4v) is 3.72. The van der Waals surface area contributed by atoms with Gasteiger partial charge in [0, 0.05) is 12.1 Å². The fraction of sp³-hybridized carbons (Fsp3) is 0.154. The van der Waals surface area contributed by atoms with Crippen LogP contribution < -0.4 is 19.5 Å². The molecule has 0 spiro atoms. The topological polar surface area (TPSA) is 150 Å². The van der Waals surface area contributed by atoms with Crippen LogP contribution in [0.2, 0.25) is 10.3 Å². The number of hydrogen-bond donors (Lipinski definition) is 2. The summed E-state index contributed by atoms with van der Waals surface area (Å²) in [5.74, 6) is -0.0951. The molecule has 2 N–H and O–H groups in total. The van der Waals surface area contributed by atoms with E-state index in [0.29, 0.717) is 0 Å². The Bertz CT molecular complexity index is 1170. The van der Waals surface area contributed by atoms with Crippen LogP contribution in [-0.4, -0.2) is 53.2 Å². The van der Waals surface area contributed by atoms with Crippen molar-refractivity contribution in [1.29, 1.82) is 0 Å². The standard InChI is InChI=1S/C13H11Cl2N7O5S/c1-26-8-4-3-7-17-10(15)11(22(7)20-8)28(24,25)21-13(23)19-12-16-6(14)5-9(18-12)27-2/h3-5H,1-2H3,(H2,16,18,19,21,23). The quantitative estimate of drug-likeness (QED) is 0.552. The molecule has 0 bridgehead atoms. The molecular formula is C13H11Cl2N7O5S. The van der Waals surface area contributed by atoms with Gasteiger partial charge in [0.05, 0.1) is 14.2 Å². The van der Waals surface area contributed by atoms with Gasteiger partial charge in [0.1, 0.15) is 5.15 Å². The molecule has 3 aromatic rings. The molecule has 0 saturated carbocycles. The highest BCUT2D eigenvalue weighted by Gasteiger charge is 2.28. The largest absolute Gasteiger partial charge is 0.481 e. The maximum absolute atomic E-state index is 12.6. The van der Waals surface area contributed by atoms with Crippen LogP contribution in [0.25, 0.3) is 5.65 Å². The minimum Gasteiger partial charge on any atom is -0.481 e. The van der Waals surface area contributed by atoms with Crippen LogP contribution >= 0.6 is 23.2 Å². The zero-order chi connectivity index (χ0) is 20.5. The molecule has 0 aliphatic carbocycles. The van der Waals surface area contributed by atoms with Crippen molar-refractivity contribution >= 4 is 50.9 Å². The highest BCUT2D eigenvalue weighted by molar-refractivity contribution is 7.90. The number of nitrogens with one attached hydrogen (secondary N) is 2. The van der Waals surface area contributed by atoms with E-state index < -0.39 is 21.1 Å². The van der Waals surface area contributed by atoms with Crippen molar-refractivity contribution in [2.45, 2.75) is 5.03 Å². The lowest BCUT2D eigenvalue weighted by Crippen LogP contribution is -2.35. The second kappa shape index (κ2) is 7.61. The van der Waals surface area contributed by atoms with Gasteiger partial charge in [0.25, 0.3) is 10.0 Å². The van der Waals surface area contributed by atoms with Crippen LogP contribution in [0.3, 0.4) is 0 Å². The van der Waals surface area contributed by atoms with Gasteiger partial charge in [-0.05, 0) is 6.07 Å². The minimum absolute atomic E-state index is 0.0221. The van der Waals surface area contributed by atoms with Gasteiger partial charge in [-0.25, -0.2) is 19.5 Å². The molecule has 0 aliphatic heterocycles. The van der Waals surface area contributed by atoms with Crippen LogP contribution in [0.4, 0.5) is 10.7 Å². The number of imidazole rings is 1. The third-order valence-corrected chi connectivity index (χ3v) is 5.07. The molecule has 0 aromatic carbocycles. The molecule has 3 rings (SSSR count). The number of ether oxygens (including phenoxy) is 2. The molecule has 3 heterocycles. The Kier molecular flexibility index (Phi) is 5.40. The van der Waals surface area contributed by atoms with E-state index in [1.54, 1.807) is 4.72 Å². The predicted octanol–water partition coefficient (Wildman–Crippen LogP) is 1.35. The van der Waals surface area contributed by atoms with Crippen molar-refractivity contribution in [3.05, 3.63) is 28.5 Å². The predicted molar refractivity (Wildman–Crippen MR) is 97.5 cm³/mol. The highest BCUT2D eigenvalue weighted by atomic mass is 35.5. The van der Waals surface area contributed by atoms with Crippen molar-refractivity contribution < 1.29 is 22.7 Å². The van der Waals surface area contributed by atoms with Crippen molar-refractivity contribution in [1.82, 2.24) is 29.3 Å². The SMILES string of the molecule is COc1cc(Cl)nc(NC(=O)NS(=O)(=O)c2c(Cl)nc3ccc(OC)nn23)n1. The van der Waals surface area contributed by atoms with E-state index in [2.05, 4.69) is 25.4 Å². The lowest BCUT2D eigenvalue weighted by Gasteiger charge is -2.08. The van der Waals surface area contributed by atoms with Crippen LogP contribution in [0.15, 0.2) is 23.2 Å². The van der Waals surface area contributed by atoms with Gasteiger partial charge >= 0.3 is 6.03 Å². The van der Waals surface area contributed by atoms with E-state index in [1.807, 2.05) is 0 Å². The Morgan fingerprint density at radius 3 is 2.50 bits per heavy atom. The van der Waals surface area contributed by atoms with Gasteiger partial charge in [-0.2, -0.15) is 17.9 Å². The number of carbonyl (C=O) groups excluding carboxylic acids is 1. The number of halogens is 2. The zero-order valence-electron chi connectivity index (χ0n) is 14.2. The first-order chi connectivity index (χ1) is 13.2. The molecule has 2 amide bonds. The first kappa shape index (κ1) is 19.9. The number of amides is 2. The number of methoxy groups -OCH3 is 2. The van der Waals surface area contributed by atoms with E-state index in [1.165, 1.54) is 32.4 Å². The van der Waals surface area contributed by atoms with E-state index in [-0.39, 0.29) is 33.7 Å². The van der Waals surface area contributed by atoms with Gasteiger partial charge < -0.3 is 9.47 Å². The number of aromatic nitrogens is 5. The number of fused-ring (bicyclic) bond motifs is 1. The van der Waals surface area contributed by atoms with Crippen molar-refractivity contribution in [2.75, 3.05) is 19.5 Å². The average molecular weight is 448 g/mol. The first-order valence-electron chi connectivity index (χ1n) is 7.25. The summed E-state index contributed by atoms with van der Waals surface area (Å²) in [5, 5.41) is 5.11. The number of carbonyl (C=O) groups is 1. The molecule has 28 heavy (non-hydrogen) atoms. The normalized spacial score (nSPS) is 11.3. The Hall–Kier alpha value is -2.90. The molecule has 0 atom stereocenters. The Balaban J connectivity index is 1.90. The Morgan fingerprint density at radius 1 is 1.11 bits per heavy atom. The molecule has 0 radical (unpaired) electrons. The fourth-order valence-electron chi connectivity index (χ4n) is 2.06. The van der Waals surface area contributed by atoms with E-state index in [9.17, 15) is 13.2 Å². The highest BCUT2D eigenvalue weighted by Crippen LogP contribution is 2.23. The monoisotopic (exact) mass is 447 g/mol. The molecule has 0 aliphatic rings. The summed E-state index contributed by atoms with van der Waals surface area (Å²) >= 11 is 11.7. The summed E-state index contributed by atoms with van der Waals surface area (Å²) in [6, 6.07) is 3.05. The average Bonchev–Trinajstić information content (AvgIpc) is 2.95. The summed E-state index contributed by atoms with van der Waals surface area (Å²) in [7, 11) is -1.79. The molecule has 15 heteroatoms. The molecule has 0 unspecified atom stereocenters. The number of rotatable bonds is 5. The summed E-state index contributed by atoms with van der Waals surface area (Å²) in [5.41, 5.74) is 0.134. The first-order valence-corrected chi connectivity index (χ1v) is 9.49. The molecule has 0 fully saturated rings. The van der Waals surface area contributed by atoms with Crippen LogP contribution in [-0.2, 0) is 10.0 Å². The second-order valence-electron chi connectivity index (χ2n) is 4.97. The van der Waals surface area contributed by atoms with Gasteiger partial charge in [-0.1, -0.05) is 23.2 Å². The third-order valence-electron chi connectivity index (χ3n) is 3.17. The second-order valence-corrected chi connectivity index (χ2v) is 7.31. The van der Waals surface area contributed by atoms with Gasteiger partial charge in [0.15, 0.2) is 10.8 Å². The van der Waals surface area contributed by atoms with Gasteiger partial charge in [0.2, 0.25) is 22.7 Å². The van der Waals surface area contributed by atoms with Crippen LogP contribution in [0, 0.1) is 0 Å². The van der Waals surface area contributed by atoms with E-state index in [4.69, 9.17) is 32.7 Å². The lowest BCUT2D eigenvalue weighted by molar-refractivity contribution is 0.256. The number of urea groups is 1. The van der Waals surface area contributed by atoms with Crippen LogP contribution in [0.1, 0.15) is 0 Å².